The lowest BCUT2D eigenvalue weighted by Gasteiger charge is -2.15. The van der Waals surface area contributed by atoms with Crippen LogP contribution in [0.25, 0.3) is 0 Å². The van der Waals surface area contributed by atoms with Gasteiger partial charge in [-0.05, 0) is 0 Å². The molecule has 0 radical (unpaired) electrons. The zero-order chi connectivity index (χ0) is 10.8. The van der Waals surface area contributed by atoms with Crippen LogP contribution >= 0.6 is 0 Å². The third-order valence-corrected chi connectivity index (χ3v) is 1.57. The number of rotatable bonds is 4. The molecule has 7 heteroatoms. The van der Waals surface area contributed by atoms with E-state index in [1.807, 2.05) is 0 Å². The molecule has 1 heterocycles. The molecule has 0 bridgehead atoms. The highest BCUT2D eigenvalue weighted by molar-refractivity contribution is 5.71. The van der Waals surface area contributed by atoms with Crippen molar-refractivity contribution in [3.63, 3.8) is 0 Å². The fourth-order valence-corrected chi connectivity index (χ4v) is 0.857. The van der Waals surface area contributed by atoms with Crippen LogP contribution in [0.15, 0.2) is 12.5 Å². The highest BCUT2D eigenvalue weighted by Crippen LogP contribution is 2.25. The maximum absolute atomic E-state index is 12.5. The summed E-state index contributed by atoms with van der Waals surface area (Å²) in [6.07, 6.45) is -1.56. The molecule has 14 heavy (non-hydrogen) atoms. The van der Waals surface area contributed by atoms with Gasteiger partial charge < -0.3 is 4.57 Å². The van der Waals surface area contributed by atoms with Crippen molar-refractivity contribution in [1.82, 2.24) is 9.55 Å². The molecule has 0 amide bonds. The third kappa shape index (κ3) is 2.09. The van der Waals surface area contributed by atoms with Crippen LogP contribution in [0.2, 0.25) is 0 Å². The van der Waals surface area contributed by atoms with Crippen LogP contribution in [-0.2, 0) is 6.54 Å². The summed E-state index contributed by atoms with van der Waals surface area (Å²) in [7, 11) is 0. The van der Waals surface area contributed by atoms with E-state index in [4.69, 9.17) is 0 Å². The Morgan fingerprint density at radius 1 is 1.57 bits per heavy atom. The first kappa shape index (κ1) is 10.7. The molecule has 0 fully saturated rings. The number of carbonyl (C=O) groups excluding carboxylic acids is 1. The van der Waals surface area contributed by atoms with Crippen LogP contribution in [0.5, 0.6) is 0 Å². The average Bonchev–Trinajstić information content (AvgIpc) is 2.50. The van der Waals surface area contributed by atoms with Gasteiger partial charge in [0, 0.05) is 0 Å². The highest BCUT2D eigenvalue weighted by atomic mass is 19.3. The molecule has 0 aromatic carbocycles. The summed E-state index contributed by atoms with van der Waals surface area (Å²) < 4.78 is 49.2. The summed E-state index contributed by atoms with van der Waals surface area (Å²) in [6, 6.07) is 0. The normalized spacial score (nSPS) is 12.1. The lowest BCUT2D eigenvalue weighted by molar-refractivity contribution is -0.137. The Balaban J connectivity index is 2.83. The minimum atomic E-state index is -4.15. The van der Waals surface area contributed by atoms with Gasteiger partial charge in [0.25, 0.3) is 0 Å². The number of hydrogen-bond acceptors (Lipinski definition) is 2. The number of halogens is 4. The number of nitrogens with zero attached hydrogens (tertiary/aromatic N) is 2. The molecule has 78 valence electrons. The van der Waals surface area contributed by atoms with Crippen LogP contribution in [0.1, 0.15) is 10.5 Å². The quantitative estimate of drug-likeness (QED) is 0.558. The lowest BCUT2D eigenvalue weighted by Crippen LogP contribution is -2.32. The molecule has 0 unspecified atom stereocenters. The van der Waals surface area contributed by atoms with Crippen LogP contribution in [-0.4, -0.2) is 28.2 Å². The topological polar surface area (TPSA) is 34.9 Å². The standard InChI is InChI=1S/C7H6F4N2O/c8-6(9)7(10,11)3-13-4-12-1-5(13)2-14/h1-2,4,6H,3H2. The summed E-state index contributed by atoms with van der Waals surface area (Å²) >= 11 is 0. The average molecular weight is 210 g/mol. The first-order valence-corrected chi connectivity index (χ1v) is 3.58. The molecular formula is C7H6F4N2O. The Morgan fingerprint density at radius 2 is 2.21 bits per heavy atom. The monoisotopic (exact) mass is 210 g/mol. The summed E-state index contributed by atoms with van der Waals surface area (Å²) in [6.45, 7) is -1.25. The second-order valence-electron chi connectivity index (χ2n) is 2.63. The molecule has 1 aromatic heterocycles. The number of hydrogen-bond donors (Lipinski definition) is 0. The summed E-state index contributed by atoms with van der Waals surface area (Å²) in [5, 5.41) is 0. The molecule has 0 aliphatic heterocycles. The maximum atomic E-state index is 12.5. The second kappa shape index (κ2) is 3.77. The molecule has 1 aromatic rings. The predicted octanol–water partition coefficient (Wildman–Crippen LogP) is 1.60. The van der Waals surface area contributed by atoms with Crippen LogP contribution in [0.4, 0.5) is 17.6 Å². The van der Waals surface area contributed by atoms with Crippen molar-refractivity contribution in [2.24, 2.45) is 0 Å². The summed E-state index contributed by atoms with van der Waals surface area (Å²) in [5.74, 6) is -4.15. The largest absolute Gasteiger partial charge is 0.324 e. The van der Waals surface area contributed by atoms with Gasteiger partial charge in [0.2, 0.25) is 0 Å². The van der Waals surface area contributed by atoms with E-state index in [0.29, 0.717) is 4.57 Å². The maximum Gasteiger partial charge on any atom is 0.324 e. The third-order valence-electron chi connectivity index (χ3n) is 1.57. The van der Waals surface area contributed by atoms with Gasteiger partial charge >= 0.3 is 12.3 Å². The molecule has 0 N–H and O–H groups in total. The Kier molecular flexibility index (Phi) is 2.87. The number of aromatic nitrogens is 2. The van der Waals surface area contributed by atoms with Crippen molar-refractivity contribution in [2.75, 3.05) is 0 Å². The summed E-state index contributed by atoms with van der Waals surface area (Å²) in [5.41, 5.74) is -0.162. The molecule has 0 atom stereocenters. The van der Waals surface area contributed by atoms with Crippen LogP contribution in [0.3, 0.4) is 0 Å². The second-order valence-corrected chi connectivity index (χ2v) is 2.63. The molecule has 0 aliphatic carbocycles. The smallest absolute Gasteiger partial charge is 0.322 e. The van der Waals surface area contributed by atoms with E-state index in [9.17, 15) is 22.4 Å². The molecule has 0 spiro atoms. The van der Waals surface area contributed by atoms with Crippen LogP contribution in [0, 0.1) is 0 Å². The minimum Gasteiger partial charge on any atom is -0.322 e. The van der Waals surface area contributed by atoms with Gasteiger partial charge in [0.1, 0.15) is 5.69 Å². The number of imidazole rings is 1. The zero-order valence-electron chi connectivity index (χ0n) is 6.83. The highest BCUT2D eigenvalue weighted by Gasteiger charge is 2.41. The van der Waals surface area contributed by atoms with E-state index in [1.165, 1.54) is 0 Å². The van der Waals surface area contributed by atoms with Crippen molar-refractivity contribution in [2.45, 2.75) is 18.9 Å². The van der Waals surface area contributed by atoms with Gasteiger partial charge in [-0.3, -0.25) is 4.79 Å². The molecule has 3 nitrogen and oxygen atoms in total. The molecule has 1 rings (SSSR count). The Hall–Kier alpha value is -1.40. The fourth-order valence-electron chi connectivity index (χ4n) is 0.857. The Bertz CT molecular complexity index is 323. The zero-order valence-corrected chi connectivity index (χ0v) is 6.83. The fraction of sp³-hybridized carbons (Fsp3) is 0.429. The Morgan fingerprint density at radius 3 is 2.71 bits per heavy atom. The first-order valence-electron chi connectivity index (χ1n) is 3.58. The van der Waals surface area contributed by atoms with Crippen molar-refractivity contribution in [1.29, 1.82) is 0 Å². The minimum absolute atomic E-state index is 0.162. The first-order chi connectivity index (χ1) is 6.47. The van der Waals surface area contributed by atoms with E-state index in [1.54, 1.807) is 0 Å². The van der Waals surface area contributed by atoms with E-state index >= 15 is 0 Å². The molecule has 0 saturated heterocycles. The van der Waals surface area contributed by atoms with E-state index in [0.717, 1.165) is 12.5 Å². The van der Waals surface area contributed by atoms with Gasteiger partial charge in [0.15, 0.2) is 6.29 Å². The van der Waals surface area contributed by atoms with E-state index < -0.39 is 18.9 Å². The van der Waals surface area contributed by atoms with Crippen molar-refractivity contribution < 1.29 is 22.4 Å². The van der Waals surface area contributed by atoms with E-state index in [-0.39, 0.29) is 12.0 Å². The number of alkyl halides is 4. The predicted molar refractivity (Wildman–Crippen MR) is 38.6 cm³/mol. The van der Waals surface area contributed by atoms with Crippen molar-refractivity contribution in [3.05, 3.63) is 18.2 Å². The van der Waals surface area contributed by atoms with Gasteiger partial charge in [-0.25, -0.2) is 13.8 Å². The van der Waals surface area contributed by atoms with Crippen molar-refractivity contribution in [3.8, 4) is 0 Å². The molecule has 0 saturated carbocycles. The number of aldehydes is 1. The van der Waals surface area contributed by atoms with Crippen molar-refractivity contribution >= 4 is 6.29 Å². The van der Waals surface area contributed by atoms with E-state index in [2.05, 4.69) is 4.98 Å². The van der Waals surface area contributed by atoms with Gasteiger partial charge in [-0.2, -0.15) is 8.78 Å². The lowest BCUT2D eigenvalue weighted by atomic mass is 10.3. The van der Waals surface area contributed by atoms with Crippen LogP contribution < -0.4 is 0 Å². The molecule has 0 aliphatic rings. The summed E-state index contributed by atoms with van der Waals surface area (Å²) in [4.78, 5) is 13.6. The Labute approximate surface area is 76.4 Å². The van der Waals surface area contributed by atoms with Gasteiger partial charge in [-0.1, -0.05) is 0 Å². The molecular weight excluding hydrogens is 204 g/mol. The SMILES string of the molecule is O=Cc1cncn1CC(F)(F)C(F)F. The van der Waals surface area contributed by atoms with Gasteiger partial charge in [-0.15, -0.1) is 0 Å². The number of carbonyl (C=O) groups is 1. The van der Waals surface area contributed by atoms with Gasteiger partial charge in [0.05, 0.1) is 19.1 Å².